The zero-order valence-corrected chi connectivity index (χ0v) is 17.9. The van der Waals surface area contributed by atoms with Crippen LogP contribution in [0.25, 0.3) is 0 Å². The van der Waals surface area contributed by atoms with Crippen LogP contribution in [0.2, 0.25) is 0 Å². The minimum Gasteiger partial charge on any atom is -0.493 e. The summed E-state index contributed by atoms with van der Waals surface area (Å²) in [5.41, 5.74) is 1.99. The van der Waals surface area contributed by atoms with E-state index in [2.05, 4.69) is 36.4 Å². The van der Waals surface area contributed by atoms with Gasteiger partial charge in [-0.25, -0.2) is 4.79 Å². The van der Waals surface area contributed by atoms with E-state index >= 15 is 0 Å². The van der Waals surface area contributed by atoms with Gasteiger partial charge in [-0.3, -0.25) is 0 Å². The predicted octanol–water partition coefficient (Wildman–Crippen LogP) is 5.84. The SMILES string of the molecule is CC(C)(C)OC(=O)N1CCCCC1CCOc1ccccc1Cc1ccccc1. The molecule has 0 aromatic heterocycles. The highest BCUT2D eigenvalue weighted by molar-refractivity contribution is 5.68. The van der Waals surface area contributed by atoms with Crippen LogP contribution in [0, 0.1) is 0 Å². The third kappa shape index (κ3) is 6.52. The van der Waals surface area contributed by atoms with Gasteiger partial charge in [0.15, 0.2) is 0 Å². The molecule has 2 aromatic rings. The van der Waals surface area contributed by atoms with Gasteiger partial charge in [0.1, 0.15) is 11.4 Å². The van der Waals surface area contributed by atoms with Crippen molar-refractivity contribution in [2.24, 2.45) is 0 Å². The number of hydrogen-bond acceptors (Lipinski definition) is 3. The summed E-state index contributed by atoms with van der Waals surface area (Å²) < 4.78 is 11.8. The molecule has 1 atom stereocenters. The van der Waals surface area contributed by atoms with Crippen LogP contribution in [0.1, 0.15) is 57.6 Å². The fraction of sp³-hybridized carbons (Fsp3) is 0.480. The van der Waals surface area contributed by atoms with Gasteiger partial charge in [-0.05, 0) is 57.2 Å². The van der Waals surface area contributed by atoms with Gasteiger partial charge >= 0.3 is 6.09 Å². The number of carbonyl (C=O) groups is 1. The topological polar surface area (TPSA) is 38.8 Å². The normalized spacial score (nSPS) is 17.1. The summed E-state index contributed by atoms with van der Waals surface area (Å²) in [7, 11) is 0. The van der Waals surface area contributed by atoms with Crippen molar-refractivity contribution < 1.29 is 14.3 Å². The molecule has 0 N–H and O–H groups in total. The van der Waals surface area contributed by atoms with Crippen molar-refractivity contribution in [2.45, 2.75) is 64.5 Å². The van der Waals surface area contributed by atoms with Gasteiger partial charge in [0.2, 0.25) is 0 Å². The molecular formula is C25H33NO3. The second kappa shape index (κ2) is 9.82. The number of rotatable bonds is 6. The van der Waals surface area contributed by atoms with Crippen molar-refractivity contribution in [3.8, 4) is 5.75 Å². The highest BCUT2D eigenvalue weighted by Gasteiger charge is 2.30. The lowest BCUT2D eigenvalue weighted by Crippen LogP contribution is -2.46. The number of nitrogens with zero attached hydrogens (tertiary/aromatic N) is 1. The number of piperidine rings is 1. The molecule has 1 amide bonds. The molecule has 1 unspecified atom stereocenters. The Hall–Kier alpha value is -2.49. The average molecular weight is 396 g/mol. The molecule has 0 bridgehead atoms. The van der Waals surface area contributed by atoms with Crippen LogP contribution < -0.4 is 4.74 Å². The number of carbonyl (C=O) groups excluding carboxylic acids is 1. The number of amides is 1. The van der Waals surface area contributed by atoms with E-state index in [0.29, 0.717) is 6.61 Å². The molecule has 3 rings (SSSR count). The minimum atomic E-state index is -0.466. The first-order valence-electron chi connectivity index (χ1n) is 10.7. The molecule has 1 saturated heterocycles. The van der Waals surface area contributed by atoms with E-state index in [0.717, 1.165) is 44.4 Å². The second-order valence-corrected chi connectivity index (χ2v) is 8.73. The van der Waals surface area contributed by atoms with Gasteiger partial charge in [0.25, 0.3) is 0 Å². The molecule has 4 heteroatoms. The molecule has 0 spiro atoms. The fourth-order valence-corrected chi connectivity index (χ4v) is 3.77. The zero-order valence-electron chi connectivity index (χ0n) is 17.9. The third-order valence-corrected chi connectivity index (χ3v) is 5.17. The Bertz CT molecular complexity index is 782. The average Bonchev–Trinajstić information content (AvgIpc) is 2.69. The number of hydrogen-bond donors (Lipinski definition) is 0. The van der Waals surface area contributed by atoms with Gasteiger partial charge in [0, 0.05) is 25.4 Å². The van der Waals surface area contributed by atoms with Crippen molar-refractivity contribution in [1.82, 2.24) is 4.90 Å². The van der Waals surface area contributed by atoms with Crippen molar-refractivity contribution in [1.29, 1.82) is 0 Å². The highest BCUT2D eigenvalue weighted by atomic mass is 16.6. The summed E-state index contributed by atoms with van der Waals surface area (Å²) in [6.07, 6.45) is 4.66. The van der Waals surface area contributed by atoms with Crippen molar-refractivity contribution in [3.05, 3.63) is 65.7 Å². The van der Waals surface area contributed by atoms with E-state index in [4.69, 9.17) is 9.47 Å². The van der Waals surface area contributed by atoms with Gasteiger partial charge in [-0.2, -0.15) is 0 Å². The standard InChI is InChI=1S/C25H33NO3/c1-25(2,3)29-24(27)26-17-10-9-14-22(26)16-18-28-23-15-8-7-13-21(23)19-20-11-5-4-6-12-20/h4-8,11-13,15,22H,9-10,14,16-19H2,1-3H3. The fourth-order valence-electron chi connectivity index (χ4n) is 3.77. The van der Waals surface area contributed by atoms with Crippen LogP contribution in [-0.4, -0.2) is 35.8 Å². The van der Waals surface area contributed by atoms with Gasteiger partial charge in [0.05, 0.1) is 6.61 Å². The lowest BCUT2D eigenvalue weighted by Gasteiger charge is -2.36. The van der Waals surface area contributed by atoms with Crippen molar-refractivity contribution in [3.63, 3.8) is 0 Å². The van der Waals surface area contributed by atoms with E-state index in [1.807, 2.05) is 43.9 Å². The Morgan fingerprint density at radius 3 is 2.52 bits per heavy atom. The van der Waals surface area contributed by atoms with Crippen LogP contribution in [0.3, 0.4) is 0 Å². The maximum absolute atomic E-state index is 12.6. The molecule has 29 heavy (non-hydrogen) atoms. The quantitative estimate of drug-likeness (QED) is 0.617. The van der Waals surface area contributed by atoms with Gasteiger partial charge in [-0.15, -0.1) is 0 Å². The second-order valence-electron chi connectivity index (χ2n) is 8.73. The summed E-state index contributed by atoms with van der Waals surface area (Å²) in [5, 5.41) is 0. The smallest absolute Gasteiger partial charge is 0.410 e. The predicted molar refractivity (Wildman–Crippen MR) is 116 cm³/mol. The van der Waals surface area contributed by atoms with Crippen LogP contribution >= 0.6 is 0 Å². The molecule has 1 aliphatic rings. The van der Waals surface area contributed by atoms with Crippen molar-refractivity contribution in [2.75, 3.05) is 13.2 Å². The van der Waals surface area contributed by atoms with E-state index < -0.39 is 5.60 Å². The molecule has 0 aliphatic carbocycles. The summed E-state index contributed by atoms with van der Waals surface area (Å²) in [4.78, 5) is 14.5. The molecule has 2 aromatic carbocycles. The summed E-state index contributed by atoms with van der Waals surface area (Å²) in [6, 6.07) is 18.8. The monoisotopic (exact) mass is 395 g/mol. The molecule has 0 radical (unpaired) electrons. The maximum Gasteiger partial charge on any atom is 0.410 e. The molecule has 0 saturated carbocycles. The molecule has 4 nitrogen and oxygen atoms in total. The minimum absolute atomic E-state index is 0.180. The van der Waals surface area contributed by atoms with Crippen molar-refractivity contribution >= 4 is 6.09 Å². The summed E-state index contributed by atoms with van der Waals surface area (Å²) >= 11 is 0. The van der Waals surface area contributed by atoms with Crippen LogP contribution in [0.15, 0.2) is 54.6 Å². The number of para-hydroxylation sites is 1. The van der Waals surface area contributed by atoms with E-state index in [9.17, 15) is 4.79 Å². The van der Waals surface area contributed by atoms with E-state index in [-0.39, 0.29) is 12.1 Å². The Kier molecular flexibility index (Phi) is 7.18. The van der Waals surface area contributed by atoms with E-state index in [1.54, 1.807) is 0 Å². The maximum atomic E-state index is 12.6. The van der Waals surface area contributed by atoms with Gasteiger partial charge < -0.3 is 14.4 Å². The Balaban J connectivity index is 1.58. The zero-order chi connectivity index (χ0) is 20.7. The first kappa shape index (κ1) is 21.2. The number of benzene rings is 2. The van der Waals surface area contributed by atoms with Crippen LogP contribution in [0.4, 0.5) is 4.79 Å². The Morgan fingerprint density at radius 2 is 1.76 bits per heavy atom. The lowest BCUT2D eigenvalue weighted by atomic mass is 10.00. The Morgan fingerprint density at radius 1 is 1.03 bits per heavy atom. The largest absolute Gasteiger partial charge is 0.493 e. The number of ether oxygens (including phenoxy) is 2. The molecule has 1 aliphatic heterocycles. The third-order valence-electron chi connectivity index (χ3n) is 5.17. The lowest BCUT2D eigenvalue weighted by molar-refractivity contribution is 0.00742. The summed E-state index contributed by atoms with van der Waals surface area (Å²) in [6.45, 7) is 7.10. The molecule has 1 fully saturated rings. The highest BCUT2D eigenvalue weighted by Crippen LogP contribution is 2.25. The first-order valence-corrected chi connectivity index (χ1v) is 10.7. The molecular weight excluding hydrogens is 362 g/mol. The molecule has 156 valence electrons. The van der Waals surface area contributed by atoms with Gasteiger partial charge in [-0.1, -0.05) is 48.5 Å². The Labute approximate surface area is 174 Å². The number of likely N-dealkylation sites (tertiary alicyclic amines) is 1. The molecule has 1 heterocycles. The van der Waals surface area contributed by atoms with E-state index in [1.165, 1.54) is 11.1 Å². The summed E-state index contributed by atoms with van der Waals surface area (Å²) in [5.74, 6) is 0.927. The first-order chi connectivity index (χ1) is 13.9. The van der Waals surface area contributed by atoms with Crippen LogP contribution in [-0.2, 0) is 11.2 Å². The van der Waals surface area contributed by atoms with Crippen LogP contribution in [0.5, 0.6) is 5.75 Å².